The molecule has 1 aliphatic rings. The molecule has 152 valence electrons. The van der Waals surface area contributed by atoms with Gasteiger partial charge in [-0.25, -0.2) is 0 Å². The summed E-state index contributed by atoms with van der Waals surface area (Å²) in [7, 11) is 1.79. The molecule has 0 aromatic heterocycles. The van der Waals surface area contributed by atoms with Gasteiger partial charge in [-0.2, -0.15) is 11.8 Å². The Kier molecular flexibility index (Phi) is 11.6. The Morgan fingerprint density at radius 3 is 2.93 bits per heavy atom. The average Bonchev–Trinajstić information content (AvgIpc) is 2.64. The maximum absolute atomic E-state index is 10.8. The number of benzene rings is 1. The van der Waals surface area contributed by atoms with Crippen LogP contribution < -0.4 is 21.1 Å². The summed E-state index contributed by atoms with van der Waals surface area (Å²) >= 11 is 2.06. The van der Waals surface area contributed by atoms with E-state index in [0.717, 1.165) is 16.8 Å². The number of guanidine groups is 1. The third-order valence-electron chi connectivity index (χ3n) is 4.33. The molecule has 0 spiro atoms. The van der Waals surface area contributed by atoms with Crippen LogP contribution in [0, 0.1) is 0 Å². The topological polar surface area (TPSA) is 88.7 Å². The van der Waals surface area contributed by atoms with Crippen LogP contribution in [0.1, 0.15) is 38.2 Å². The minimum absolute atomic E-state index is 0. The van der Waals surface area contributed by atoms with Crippen LogP contribution >= 0.6 is 35.7 Å². The zero-order valence-corrected chi connectivity index (χ0v) is 19.2. The van der Waals surface area contributed by atoms with Crippen molar-refractivity contribution < 1.29 is 9.53 Å². The summed E-state index contributed by atoms with van der Waals surface area (Å²) in [6.07, 6.45) is 4.97. The zero-order valence-electron chi connectivity index (χ0n) is 16.1. The van der Waals surface area contributed by atoms with Gasteiger partial charge >= 0.3 is 0 Å². The Labute approximate surface area is 183 Å². The molecule has 2 rings (SSSR count). The monoisotopic (exact) mass is 506 g/mol. The zero-order chi connectivity index (χ0) is 18.8. The lowest BCUT2D eigenvalue weighted by Gasteiger charge is -2.30. The van der Waals surface area contributed by atoms with Crippen LogP contribution in [0.2, 0.25) is 0 Å². The molecule has 2 unspecified atom stereocenters. The highest BCUT2D eigenvalue weighted by Crippen LogP contribution is 2.28. The van der Waals surface area contributed by atoms with Crippen molar-refractivity contribution in [1.29, 1.82) is 0 Å². The number of hydrogen-bond acceptors (Lipinski definition) is 4. The Hall–Kier alpha value is -1.16. The van der Waals surface area contributed by atoms with E-state index < -0.39 is 5.91 Å². The fourth-order valence-corrected chi connectivity index (χ4v) is 4.31. The molecule has 8 heteroatoms. The van der Waals surface area contributed by atoms with E-state index in [9.17, 15) is 4.79 Å². The average molecular weight is 506 g/mol. The summed E-state index contributed by atoms with van der Waals surface area (Å²) in [4.78, 5) is 15.2. The van der Waals surface area contributed by atoms with Gasteiger partial charge in [-0.05, 0) is 42.7 Å². The first-order valence-electron chi connectivity index (χ1n) is 9.19. The molecule has 0 aliphatic heterocycles. The largest absolute Gasteiger partial charge is 0.484 e. The second kappa shape index (κ2) is 13.1. The van der Waals surface area contributed by atoms with Crippen molar-refractivity contribution in [1.82, 2.24) is 10.6 Å². The number of primary amides is 1. The number of nitrogens with one attached hydrogen (secondary N) is 2. The molecule has 1 amide bonds. The van der Waals surface area contributed by atoms with Gasteiger partial charge < -0.3 is 21.1 Å². The Morgan fingerprint density at radius 2 is 2.22 bits per heavy atom. The highest BCUT2D eigenvalue weighted by Gasteiger charge is 2.22. The molecule has 0 bridgehead atoms. The Balaban J connectivity index is 0.00000364. The van der Waals surface area contributed by atoms with E-state index in [1.165, 1.54) is 31.4 Å². The molecule has 1 aromatic carbocycles. The molecule has 4 N–H and O–H groups in total. The van der Waals surface area contributed by atoms with Crippen LogP contribution in [0.4, 0.5) is 0 Å². The lowest BCUT2D eigenvalue weighted by atomic mass is 9.95. The number of nitrogens with two attached hydrogens (primary N) is 1. The molecule has 2 atom stereocenters. The fraction of sp³-hybridized carbons (Fsp3) is 0.579. The van der Waals surface area contributed by atoms with Crippen LogP contribution in [0.15, 0.2) is 29.3 Å². The first-order chi connectivity index (χ1) is 12.6. The van der Waals surface area contributed by atoms with Crippen molar-refractivity contribution in [2.45, 2.75) is 50.4 Å². The second-order valence-corrected chi connectivity index (χ2v) is 7.99. The first-order valence-corrected chi connectivity index (χ1v) is 10.2. The maximum Gasteiger partial charge on any atom is 0.255 e. The third kappa shape index (κ3) is 9.05. The number of hydrogen-bond donors (Lipinski definition) is 3. The number of aliphatic imine (C=N–C) groups is 1. The van der Waals surface area contributed by atoms with Gasteiger partial charge in [-0.3, -0.25) is 9.79 Å². The number of carbonyl (C=O) groups excluding carboxylic acids is 1. The van der Waals surface area contributed by atoms with Gasteiger partial charge in [0, 0.05) is 24.9 Å². The number of amides is 1. The number of carbonyl (C=O) groups is 1. The predicted octanol–water partition coefficient (Wildman–Crippen LogP) is 2.90. The predicted molar refractivity (Wildman–Crippen MR) is 124 cm³/mol. The van der Waals surface area contributed by atoms with Crippen LogP contribution in [0.25, 0.3) is 0 Å². The molecule has 0 saturated heterocycles. The van der Waals surface area contributed by atoms with E-state index in [0.29, 0.717) is 18.3 Å². The number of rotatable bonds is 8. The van der Waals surface area contributed by atoms with E-state index in [2.05, 4.69) is 34.3 Å². The van der Waals surface area contributed by atoms with Crippen molar-refractivity contribution in [2.75, 3.05) is 19.4 Å². The lowest BCUT2D eigenvalue weighted by molar-refractivity contribution is -0.119. The highest BCUT2D eigenvalue weighted by molar-refractivity contribution is 14.0. The fourth-order valence-electron chi connectivity index (χ4n) is 3.14. The SMILES string of the molecule is CCSC1CCCC(NC(=NC)NCc2cccc(OCC(N)=O)c2)C1.I. The highest BCUT2D eigenvalue weighted by atomic mass is 127. The molecule has 0 heterocycles. The summed E-state index contributed by atoms with van der Waals surface area (Å²) in [6, 6.07) is 8.10. The van der Waals surface area contributed by atoms with Crippen molar-refractivity contribution in [3.05, 3.63) is 29.8 Å². The number of thioether (sulfide) groups is 1. The van der Waals surface area contributed by atoms with Gasteiger partial charge in [-0.15, -0.1) is 24.0 Å². The second-order valence-electron chi connectivity index (χ2n) is 6.41. The molecule has 1 fully saturated rings. The number of nitrogens with zero attached hydrogens (tertiary/aromatic N) is 1. The van der Waals surface area contributed by atoms with E-state index >= 15 is 0 Å². The van der Waals surface area contributed by atoms with Crippen molar-refractivity contribution >= 4 is 47.6 Å². The van der Waals surface area contributed by atoms with Gasteiger partial charge in [0.05, 0.1) is 0 Å². The van der Waals surface area contributed by atoms with Crippen molar-refractivity contribution in [3.8, 4) is 5.75 Å². The molecule has 1 aliphatic carbocycles. The van der Waals surface area contributed by atoms with E-state index in [-0.39, 0.29) is 30.6 Å². The quantitative estimate of drug-likeness (QED) is 0.287. The normalized spacial score (nSPS) is 19.7. The maximum atomic E-state index is 10.8. The summed E-state index contributed by atoms with van der Waals surface area (Å²) < 4.78 is 5.35. The third-order valence-corrected chi connectivity index (χ3v) is 5.57. The minimum Gasteiger partial charge on any atom is -0.484 e. The van der Waals surface area contributed by atoms with Gasteiger partial charge in [0.1, 0.15) is 5.75 Å². The molecular formula is C19H31IN4O2S. The van der Waals surface area contributed by atoms with Gasteiger partial charge in [0.25, 0.3) is 5.91 Å². The summed E-state index contributed by atoms with van der Waals surface area (Å²) in [5.41, 5.74) is 6.16. The van der Waals surface area contributed by atoms with Gasteiger partial charge in [-0.1, -0.05) is 25.5 Å². The Bertz CT molecular complexity index is 613. The van der Waals surface area contributed by atoms with Crippen LogP contribution in [-0.2, 0) is 11.3 Å². The smallest absolute Gasteiger partial charge is 0.255 e. The summed E-state index contributed by atoms with van der Waals surface area (Å²) in [5.74, 6) is 2.15. The Morgan fingerprint density at radius 1 is 1.41 bits per heavy atom. The molecule has 6 nitrogen and oxygen atoms in total. The van der Waals surface area contributed by atoms with E-state index in [1.54, 1.807) is 7.05 Å². The van der Waals surface area contributed by atoms with Gasteiger partial charge in [0.2, 0.25) is 0 Å². The van der Waals surface area contributed by atoms with Crippen LogP contribution in [0.5, 0.6) is 5.75 Å². The van der Waals surface area contributed by atoms with E-state index in [4.69, 9.17) is 10.5 Å². The summed E-state index contributed by atoms with van der Waals surface area (Å²) in [6.45, 7) is 2.75. The molecular weight excluding hydrogens is 475 g/mol. The molecule has 0 radical (unpaired) electrons. The lowest BCUT2D eigenvalue weighted by Crippen LogP contribution is -2.45. The molecule has 27 heavy (non-hydrogen) atoms. The van der Waals surface area contributed by atoms with Crippen molar-refractivity contribution in [2.24, 2.45) is 10.7 Å². The van der Waals surface area contributed by atoms with Gasteiger partial charge in [0.15, 0.2) is 12.6 Å². The summed E-state index contributed by atoms with van der Waals surface area (Å²) in [5, 5.41) is 7.66. The molecule has 1 aromatic rings. The minimum atomic E-state index is -0.481. The standard InChI is InChI=1S/C19H30N4O2S.HI/c1-3-26-17-9-5-7-15(11-17)23-19(21-2)22-12-14-6-4-8-16(10-14)25-13-18(20)24;/h4,6,8,10,15,17H,3,5,7,9,11-13H2,1-2H3,(H2,20,24)(H2,21,22,23);1H. The van der Waals surface area contributed by atoms with Crippen LogP contribution in [-0.4, -0.2) is 42.6 Å². The number of halogens is 1. The van der Waals surface area contributed by atoms with E-state index in [1.807, 2.05) is 24.3 Å². The number of ether oxygens (including phenoxy) is 1. The molecule has 1 saturated carbocycles. The van der Waals surface area contributed by atoms with Crippen LogP contribution in [0.3, 0.4) is 0 Å². The first kappa shape index (κ1) is 23.9. The van der Waals surface area contributed by atoms with Crippen molar-refractivity contribution in [3.63, 3.8) is 0 Å².